The molecular weight excluding hydrogens is 184 g/mol. The highest BCUT2D eigenvalue weighted by atomic mass is 15.2. The largest absolute Gasteiger partial charge is 0.313 e. The molecule has 1 heterocycles. The fourth-order valence-electron chi connectivity index (χ4n) is 3.11. The zero-order valence-corrected chi connectivity index (χ0v) is 10.2. The van der Waals surface area contributed by atoms with Crippen molar-refractivity contribution in [1.82, 2.24) is 10.2 Å². The molecule has 0 spiro atoms. The fraction of sp³-hybridized carbons (Fsp3) is 1.00. The lowest BCUT2D eigenvalue weighted by Gasteiger charge is -2.33. The zero-order chi connectivity index (χ0) is 10.5. The topological polar surface area (TPSA) is 15.3 Å². The van der Waals surface area contributed by atoms with Gasteiger partial charge in [-0.1, -0.05) is 26.2 Å². The van der Waals surface area contributed by atoms with Gasteiger partial charge in [0.25, 0.3) is 0 Å². The van der Waals surface area contributed by atoms with Crippen molar-refractivity contribution >= 4 is 0 Å². The first-order chi connectivity index (χ1) is 7.40. The van der Waals surface area contributed by atoms with E-state index in [1.807, 2.05) is 0 Å². The van der Waals surface area contributed by atoms with Crippen LogP contribution in [0.1, 0.15) is 51.9 Å². The third-order valence-corrected chi connectivity index (χ3v) is 4.18. The first kappa shape index (κ1) is 11.4. The molecule has 1 aliphatic heterocycles. The maximum absolute atomic E-state index is 3.66. The minimum Gasteiger partial charge on any atom is -0.313 e. The van der Waals surface area contributed by atoms with Crippen LogP contribution < -0.4 is 5.32 Å². The molecule has 0 amide bonds. The van der Waals surface area contributed by atoms with E-state index in [4.69, 9.17) is 0 Å². The average Bonchev–Trinajstić information content (AvgIpc) is 2.55. The van der Waals surface area contributed by atoms with E-state index in [1.54, 1.807) is 0 Å². The van der Waals surface area contributed by atoms with Crippen LogP contribution in [-0.2, 0) is 0 Å². The smallest absolute Gasteiger partial charge is 0.0110 e. The van der Waals surface area contributed by atoms with Crippen molar-refractivity contribution in [2.45, 2.75) is 64.0 Å². The molecule has 2 fully saturated rings. The minimum absolute atomic E-state index is 0.776. The van der Waals surface area contributed by atoms with E-state index in [0.717, 1.165) is 12.1 Å². The van der Waals surface area contributed by atoms with Crippen LogP contribution in [0.15, 0.2) is 0 Å². The lowest BCUT2D eigenvalue weighted by molar-refractivity contribution is 0.165. The van der Waals surface area contributed by atoms with Gasteiger partial charge in [0.2, 0.25) is 0 Å². The third-order valence-electron chi connectivity index (χ3n) is 4.18. The van der Waals surface area contributed by atoms with Gasteiger partial charge in [-0.15, -0.1) is 0 Å². The molecule has 15 heavy (non-hydrogen) atoms. The van der Waals surface area contributed by atoms with Crippen LogP contribution >= 0.6 is 0 Å². The van der Waals surface area contributed by atoms with Crippen LogP contribution in [0.4, 0.5) is 0 Å². The Bertz CT molecular complexity index is 175. The minimum atomic E-state index is 0.776. The molecule has 1 aliphatic carbocycles. The van der Waals surface area contributed by atoms with Crippen LogP contribution in [0.2, 0.25) is 0 Å². The number of hydrogen-bond acceptors (Lipinski definition) is 2. The summed E-state index contributed by atoms with van der Waals surface area (Å²) in [4.78, 5) is 2.75. The second-order valence-electron chi connectivity index (χ2n) is 5.18. The van der Waals surface area contributed by atoms with E-state index < -0.39 is 0 Å². The summed E-state index contributed by atoms with van der Waals surface area (Å²) in [6.07, 6.45) is 9.96. The van der Waals surface area contributed by atoms with Gasteiger partial charge in [0.1, 0.15) is 0 Å². The predicted molar refractivity (Wildman–Crippen MR) is 65.1 cm³/mol. The second kappa shape index (κ2) is 5.86. The SMILES string of the molecule is CCC1CCN(C2CCCCC2)CCN1. The highest BCUT2D eigenvalue weighted by Crippen LogP contribution is 2.23. The van der Waals surface area contributed by atoms with Crippen molar-refractivity contribution < 1.29 is 0 Å². The summed E-state index contributed by atoms with van der Waals surface area (Å²) in [6.45, 7) is 6.11. The van der Waals surface area contributed by atoms with Gasteiger partial charge in [0.15, 0.2) is 0 Å². The molecule has 1 unspecified atom stereocenters. The zero-order valence-electron chi connectivity index (χ0n) is 10.2. The Hall–Kier alpha value is -0.0800. The van der Waals surface area contributed by atoms with Crippen molar-refractivity contribution in [3.63, 3.8) is 0 Å². The van der Waals surface area contributed by atoms with Crippen molar-refractivity contribution in [3.8, 4) is 0 Å². The molecule has 2 aliphatic rings. The van der Waals surface area contributed by atoms with Gasteiger partial charge in [-0.3, -0.25) is 4.90 Å². The standard InChI is InChI=1S/C13H26N2/c1-2-12-8-10-15(11-9-14-12)13-6-4-3-5-7-13/h12-14H,2-11H2,1H3. The van der Waals surface area contributed by atoms with Crippen molar-refractivity contribution in [1.29, 1.82) is 0 Å². The first-order valence-corrected chi connectivity index (χ1v) is 6.87. The van der Waals surface area contributed by atoms with Gasteiger partial charge >= 0.3 is 0 Å². The Morgan fingerprint density at radius 2 is 1.87 bits per heavy atom. The molecule has 0 bridgehead atoms. The molecule has 1 N–H and O–H groups in total. The van der Waals surface area contributed by atoms with E-state index in [-0.39, 0.29) is 0 Å². The van der Waals surface area contributed by atoms with Crippen molar-refractivity contribution in [3.05, 3.63) is 0 Å². The fourth-order valence-corrected chi connectivity index (χ4v) is 3.11. The van der Waals surface area contributed by atoms with Gasteiger partial charge in [-0.25, -0.2) is 0 Å². The summed E-state index contributed by atoms with van der Waals surface area (Å²) in [5.74, 6) is 0. The molecule has 88 valence electrons. The first-order valence-electron chi connectivity index (χ1n) is 6.87. The predicted octanol–water partition coefficient (Wildman–Crippen LogP) is 2.39. The highest BCUT2D eigenvalue weighted by molar-refractivity contribution is 4.81. The Kier molecular flexibility index (Phi) is 4.45. The van der Waals surface area contributed by atoms with Gasteiger partial charge in [0, 0.05) is 25.2 Å². The Morgan fingerprint density at radius 1 is 1.07 bits per heavy atom. The molecule has 1 saturated heterocycles. The van der Waals surface area contributed by atoms with E-state index in [2.05, 4.69) is 17.1 Å². The van der Waals surface area contributed by atoms with Crippen molar-refractivity contribution in [2.75, 3.05) is 19.6 Å². The molecule has 2 nitrogen and oxygen atoms in total. The van der Waals surface area contributed by atoms with Crippen LogP contribution in [0, 0.1) is 0 Å². The molecule has 0 radical (unpaired) electrons. The summed E-state index contributed by atoms with van der Waals surface area (Å²) in [6, 6.07) is 1.69. The third kappa shape index (κ3) is 3.18. The summed E-state index contributed by atoms with van der Waals surface area (Å²) >= 11 is 0. The van der Waals surface area contributed by atoms with E-state index in [0.29, 0.717) is 0 Å². The molecule has 2 heteroatoms. The lowest BCUT2D eigenvalue weighted by atomic mass is 9.94. The van der Waals surface area contributed by atoms with Crippen LogP contribution in [0.3, 0.4) is 0 Å². The van der Waals surface area contributed by atoms with Crippen LogP contribution in [0.5, 0.6) is 0 Å². The van der Waals surface area contributed by atoms with E-state index >= 15 is 0 Å². The summed E-state index contributed by atoms with van der Waals surface area (Å²) < 4.78 is 0. The van der Waals surface area contributed by atoms with Gasteiger partial charge in [-0.2, -0.15) is 0 Å². The van der Waals surface area contributed by atoms with Gasteiger partial charge in [0.05, 0.1) is 0 Å². The molecule has 1 atom stereocenters. The van der Waals surface area contributed by atoms with Crippen LogP contribution in [0.25, 0.3) is 0 Å². The maximum Gasteiger partial charge on any atom is 0.0110 e. The van der Waals surface area contributed by atoms with Crippen molar-refractivity contribution in [2.24, 2.45) is 0 Å². The molecule has 0 aromatic carbocycles. The average molecular weight is 210 g/mol. The van der Waals surface area contributed by atoms with Gasteiger partial charge in [-0.05, 0) is 32.2 Å². The van der Waals surface area contributed by atoms with E-state index in [9.17, 15) is 0 Å². The Balaban J connectivity index is 1.81. The second-order valence-corrected chi connectivity index (χ2v) is 5.18. The number of rotatable bonds is 2. The number of nitrogens with one attached hydrogen (secondary N) is 1. The molecule has 0 aromatic heterocycles. The quantitative estimate of drug-likeness (QED) is 0.753. The summed E-state index contributed by atoms with van der Waals surface area (Å²) in [7, 11) is 0. The maximum atomic E-state index is 3.66. The summed E-state index contributed by atoms with van der Waals surface area (Å²) in [5, 5.41) is 3.66. The van der Waals surface area contributed by atoms with E-state index in [1.165, 1.54) is 64.6 Å². The monoisotopic (exact) mass is 210 g/mol. The Morgan fingerprint density at radius 3 is 2.60 bits per heavy atom. The highest BCUT2D eigenvalue weighted by Gasteiger charge is 2.23. The molecule has 2 rings (SSSR count). The molecule has 1 saturated carbocycles. The molecule has 0 aromatic rings. The molecular formula is C13H26N2. The summed E-state index contributed by atoms with van der Waals surface area (Å²) in [5.41, 5.74) is 0. The number of hydrogen-bond donors (Lipinski definition) is 1. The lowest BCUT2D eigenvalue weighted by Crippen LogP contribution is -2.39. The Labute approximate surface area is 94.4 Å². The van der Waals surface area contributed by atoms with Crippen LogP contribution in [-0.4, -0.2) is 36.6 Å². The number of nitrogens with zero attached hydrogens (tertiary/aromatic N) is 1. The normalized spacial score (nSPS) is 31.4. The van der Waals surface area contributed by atoms with Gasteiger partial charge < -0.3 is 5.32 Å².